The largest absolute Gasteiger partial charge is 0.519 e. The number of halogens is 8. The maximum Gasteiger partial charge on any atom is 0.519 e. The molecule has 0 aliphatic heterocycles. The zero-order valence-electron chi connectivity index (χ0n) is 12.2. The Bertz CT molecular complexity index is 766. The number of alkyl halides is 6. The summed E-state index contributed by atoms with van der Waals surface area (Å²) in [5.41, 5.74) is -2.51. The summed E-state index contributed by atoms with van der Waals surface area (Å²) in [6, 6.07) is 4.51. The van der Waals surface area contributed by atoms with Crippen LogP contribution in [0.3, 0.4) is 0 Å². The summed E-state index contributed by atoms with van der Waals surface area (Å²) >= 11 is 10.8. The predicted molar refractivity (Wildman–Crippen MR) is 79.6 cm³/mol. The number of ether oxygens (including phenoxy) is 2. The van der Waals surface area contributed by atoms with Crippen LogP contribution in [0.15, 0.2) is 36.4 Å². The molecular formula is C15H6Cl2F6O3. The highest BCUT2D eigenvalue weighted by atomic mass is 35.5. The lowest BCUT2D eigenvalue weighted by Crippen LogP contribution is -2.15. The van der Waals surface area contributed by atoms with Crippen molar-refractivity contribution < 1.29 is 40.6 Å². The minimum Gasteiger partial charge on any atom is -0.395 e. The second kappa shape index (κ2) is 7.24. The zero-order valence-corrected chi connectivity index (χ0v) is 13.7. The summed E-state index contributed by atoms with van der Waals surface area (Å²) in [7, 11) is 0. The number of rotatable bonds is 2. The van der Waals surface area contributed by atoms with E-state index in [0.717, 1.165) is 24.3 Å². The fourth-order valence-electron chi connectivity index (χ4n) is 1.78. The highest BCUT2D eigenvalue weighted by Gasteiger charge is 2.35. The van der Waals surface area contributed by atoms with Crippen molar-refractivity contribution in [1.29, 1.82) is 0 Å². The van der Waals surface area contributed by atoms with E-state index < -0.39 is 51.2 Å². The molecule has 0 amide bonds. The second-order valence-corrected chi connectivity index (χ2v) is 5.55. The van der Waals surface area contributed by atoms with Crippen molar-refractivity contribution in [2.75, 3.05) is 0 Å². The SMILES string of the molecule is O=C(Oc1ccc(Cl)c(C(F)(F)F)c1)Oc1ccc(Cl)c(C(F)(F)F)c1. The fraction of sp³-hybridized carbons (Fsp3) is 0.133. The number of hydrogen-bond donors (Lipinski definition) is 0. The molecule has 11 heteroatoms. The summed E-state index contributed by atoms with van der Waals surface area (Å²) in [5, 5.41) is -1.24. The van der Waals surface area contributed by atoms with Gasteiger partial charge < -0.3 is 9.47 Å². The molecule has 0 aromatic heterocycles. The minimum atomic E-state index is -4.79. The molecule has 0 saturated heterocycles. The molecule has 3 nitrogen and oxygen atoms in total. The summed E-state index contributed by atoms with van der Waals surface area (Å²) in [6.45, 7) is 0. The molecule has 2 aromatic carbocycles. The van der Waals surface area contributed by atoms with Crippen molar-refractivity contribution >= 4 is 29.4 Å². The first-order valence-electron chi connectivity index (χ1n) is 6.51. The van der Waals surface area contributed by atoms with Crippen LogP contribution in [0, 0.1) is 0 Å². The molecule has 0 spiro atoms. The third-order valence-corrected chi connectivity index (χ3v) is 3.55. The van der Waals surface area contributed by atoms with Gasteiger partial charge in [-0.2, -0.15) is 26.3 Å². The van der Waals surface area contributed by atoms with E-state index in [2.05, 4.69) is 9.47 Å². The van der Waals surface area contributed by atoms with Gasteiger partial charge in [0, 0.05) is 0 Å². The van der Waals surface area contributed by atoms with Gasteiger partial charge in [0.25, 0.3) is 0 Å². The highest BCUT2D eigenvalue weighted by Crippen LogP contribution is 2.38. The summed E-state index contributed by atoms with van der Waals surface area (Å²) in [4.78, 5) is 11.6. The van der Waals surface area contributed by atoms with Crippen LogP contribution in [0.25, 0.3) is 0 Å². The van der Waals surface area contributed by atoms with E-state index in [1.165, 1.54) is 0 Å². The van der Waals surface area contributed by atoms with E-state index in [1.54, 1.807) is 0 Å². The average molecular weight is 419 g/mol. The molecule has 0 radical (unpaired) electrons. The van der Waals surface area contributed by atoms with Crippen molar-refractivity contribution in [3.8, 4) is 11.5 Å². The maximum atomic E-state index is 12.7. The van der Waals surface area contributed by atoms with E-state index in [9.17, 15) is 31.1 Å². The molecule has 2 rings (SSSR count). The van der Waals surface area contributed by atoms with Gasteiger partial charge in [-0.1, -0.05) is 23.2 Å². The number of hydrogen-bond acceptors (Lipinski definition) is 3. The Balaban J connectivity index is 2.18. The lowest BCUT2D eigenvalue weighted by Gasteiger charge is -2.12. The molecule has 0 atom stereocenters. The summed E-state index contributed by atoms with van der Waals surface area (Å²) < 4.78 is 85.5. The Morgan fingerprint density at radius 1 is 0.731 bits per heavy atom. The Kier molecular flexibility index (Phi) is 5.62. The molecule has 2 aromatic rings. The van der Waals surface area contributed by atoms with Crippen LogP contribution in [-0.2, 0) is 12.4 Å². The normalized spacial score (nSPS) is 12.0. The van der Waals surface area contributed by atoms with Crippen molar-refractivity contribution in [3.63, 3.8) is 0 Å². The molecule has 0 aliphatic carbocycles. The van der Waals surface area contributed by atoms with Crippen LogP contribution < -0.4 is 9.47 Å². The Hall–Kier alpha value is -2.13. The third-order valence-electron chi connectivity index (χ3n) is 2.89. The van der Waals surface area contributed by atoms with Crippen LogP contribution >= 0.6 is 23.2 Å². The lowest BCUT2D eigenvalue weighted by molar-refractivity contribution is -0.138. The van der Waals surface area contributed by atoms with Gasteiger partial charge >= 0.3 is 18.5 Å². The van der Waals surface area contributed by atoms with Gasteiger partial charge in [0.2, 0.25) is 0 Å². The Labute approximate surface area is 152 Å². The van der Waals surface area contributed by atoms with Crippen molar-refractivity contribution in [3.05, 3.63) is 57.6 Å². The monoisotopic (exact) mass is 418 g/mol. The van der Waals surface area contributed by atoms with E-state index >= 15 is 0 Å². The number of carbonyl (C=O) groups is 1. The van der Waals surface area contributed by atoms with Gasteiger partial charge in [-0.05, 0) is 36.4 Å². The third kappa shape index (κ3) is 4.95. The Morgan fingerprint density at radius 2 is 1.08 bits per heavy atom. The molecular weight excluding hydrogens is 413 g/mol. The molecule has 0 fully saturated rings. The summed E-state index contributed by atoms with van der Waals surface area (Å²) in [6.07, 6.45) is -11.1. The molecule has 0 N–H and O–H groups in total. The van der Waals surface area contributed by atoms with Gasteiger partial charge in [-0.3, -0.25) is 0 Å². The van der Waals surface area contributed by atoms with Gasteiger partial charge in [0.15, 0.2) is 0 Å². The number of carbonyl (C=O) groups excluding carboxylic acids is 1. The smallest absolute Gasteiger partial charge is 0.395 e. The second-order valence-electron chi connectivity index (χ2n) is 4.73. The van der Waals surface area contributed by atoms with Crippen LogP contribution in [0.5, 0.6) is 11.5 Å². The average Bonchev–Trinajstić information content (AvgIpc) is 2.49. The Morgan fingerprint density at radius 3 is 1.38 bits per heavy atom. The molecule has 0 saturated carbocycles. The maximum absolute atomic E-state index is 12.7. The molecule has 0 bridgehead atoms. The van der Waals surface area contributed by atoms with E-state index in [-0.39, 0.29) is 0 Å². The topological polar surface area (TPSA) is 35.5 Å². The van der Waals surface area contributed by atoms with E-state index in [1.807, 2.05) is 0 Å². The highest BCUT2D eigenvalue weighted by molar-refractivity contribution is 6.31. The first kappa shape index (κ1) is 20.2. The first-order valence-corrected chi connectivity index (χ1v) is 7.26. The fourth-order valence-corrected chi connectivity index (χ4v) is 2.23. The van der Waals surface area contributed by atoms with E-state index in [0.29, 0.717) is 12.1 Å². The van der Waals surface area contributed by atoms with Gasteiger partial charge in [-0.25, -0.2) is 4.79 Å². The zero-order chi connectivity index (χ0) is 19.7. The number of benzene rings is 2. The van der Waals surface area contributed by atoms with Crippen LogP contribution in [0.4, 0.5) is 31.1 Å². The first-order chi connectivity index (χ1) is 11.9. The molecule has 0 aliphatic rings. The van der Waals surface area contributed by atoms with Gasteiger partial charge in [0.05, 0.1) is 21.2 Å². The van der Waals surface area contributed by atoms with Crippen molar-refractivity contribution in [1.82, 2.24) is 0 Å². The minimum absolute atomic E-state index is 0.451. The van der Waals surface area contributed by atoms with E-state index in [4.69, 9.17) is 23.2 Å². The molecule has 0 unspecified atom stereocenters. The quantitative estimate of drug-likeness (QED) is 0.312. The molecule has 140 valence electrons. The van der Waals surface area contributed by atoms with Gasteiger partial charge in [0.1, 0.15) is 11.5 Å². The predicted octanol–water partition coefficient (Wildman–Crippen LogP) is 6.61. The summed E-state index contributed by atoms with van der Waals surface area (Å²) in [5.74, 6) is -1.12. The molecule has 0 heterocycles. The molecule has 26 heavy (non-hydrogen) atoms. The van der Waals surface area contributed by atoms with Crippen molar-refractivity contribution in [2.45, 2.75) is 12.4 Å². The lowest BCUT2D eigenvalue weighted by atomic mass is 10.2. The van der Waals surface area contributed by atoms with Crippen molar-refractivity contribution in [2.24, 2.45) is 0 Å². The van der Waals surface area contributed by atoms with Crippen LogP contribution in [0.1, 0.15) is 11.1 Å². The standard InChI is InChI=1S/C15H6Cl2F6O3/c16-11-3-1-7(5-9(11)14(18,19)20)25-13(24)26-8-2-4-12(17)10(6-8)15(21,22)23/h1-6H. The van der Waals surface area contributed by atoms with Crippen LogP contribution in [-0.4, -0.2) is 6.16 Å². The van der Waals surface area contributed by atoms with Gasteiger partial charge in [-0.15, -0.1) is 0 Å². The van der Waals surface area contributed by atoms with Crippen LogP contribution in [0.2, 0.25) is 10.0 Å².